The van der Waals surface area contributed by atoms with Crippen molar-refractivity contribution in [2.24, 2.45) is 0 Å². The number of nitrogens with zero attached hydrogens (tertiary/aromatic N) is 5. The summed E-state index contributed by atoms with van der Waals surface area (Å²) in [7, 11) is 1.35. The first-order chi connectivity index (χ1) is 16.7. The van der Waals surface area contributed by atoms with Gasteiger partial charge in [0, 0.05) is 42.7 Å². The number of halogens is 2. The van der Waals surface area contributed by atoms with E-state index in [1.54, 1.807) is 18.5 Å². The Morgan fingerprint density at radius 3 is 2.74 bits per heavy atom. The van der Waals surface area contributed by atoms with Crippen molar-refractivity contribution in [3.8, 4) is 17.3 Å². The van der Waals surface area contributed by atoms with Crippen molar-refractivity contribution in [1.82, 2.24) is 24.8 Å². The lowest BCUT2D eigenvalue weighted by Gasteiger charge is -2.37. The van der Waals surface area contributed by atoms with Gasteiger partial charge in [-0.3, -0.25) is 4.79 Å². The van der Waals surface area contributed by atoms with E-state index >= 15 is 4.39 Å². The number of pyridine rings is 2. The molecule has 5 rings (SSSR count). The van der Waals surface area contributed by atoms with E-state index in [2.05, 4.69) is 26.3 Å². The average molecular weight is 481 g/mol. The molecule has 8 nitrogen and oxygen atoms in total. The summed E-state index contributed by atoms with van der Waals surface area (Å²) in [6.07, 6.45) is 6.41. The number of carbonyl (C=O) groups is 1. The van der Waals surface area contributed by atoms with Crippen LogP contribution in [0.2, 0.25) is 0 Å². The quantitative estimate of drug-likeness (QED) is 0.610. The molecule has 1 amide bonds. The van der Waals surface area contributed by atoms with E-state index in [0.717, 1.165) is 54.7 Å². The fourth-order valence-electron chi connectivity index (χ4n) is 4.95. The monoisotopic (exact) mass is 480 g/mol. The number of hydrogen-bond donors (Lipinski definition) is 1. The molecule has 182 valence electrons. The summed E-state index contributed by atoms with van der Waals surface area (Å²) in [6, 6.07) is 4.96. The summed E-state index contributed by atoms with van der Waals surface area (Å²) < 4.78 is 35.1. The Morgan fingerprint density at radius 1 is 1.23 bits per heavy atom. The predicted molar refractivity (Wildman–Crippen MR) is 125 cm³/mol. The first kappa shape index (κ1) is 23.1. The summed E-state index contributed by atoms with van der Waals surface area (Å²) in [4.78, 5) is 31.8. The molecule has 2 atom stereocenters. The first-order valence-corrected chi connectivity index (χ1v) is 11.5. The SMILES string of the molecule is COc1cc(C(C)(F)C(=O)N2CC[C@@]3(CCc4cc(-c5ncccn5)c(C)nc4N3)C2)c(F)cn1. The Kier molecular flexibility index (Phi) is 5.61. The van der Waals surface area contributed by atoms with Crippen LogP contribution in [-0.4, -0.2) is 56.5 Å². The first-order valence-electron chi connectivity index (χ1n) is 11.5. The zero-order valence-corrected chi connectivity index (χ0v) is 19.8. The largest absolute Gasteiger partial charge is 0.481 e. The third-order valence-electron chi connectivity index (χ3n) is 6.94. The molecule has 1 saturated heterocycles. The van der Waals surface area contributed by atoms with Crippen LogP contribution >= 0.6 is 0 Å². The maximum atomic E-state index is 15.7. The fraction of sp³-hybridized carbons (Fsp3) is 0.400. The Morgan fingerprint density at radius 2 is 2.00 bits per heavy atom. The molecule has 0 aliphatic carbocycles. The second kappa shape index (κ2) is 8.51. The van der Waals surface area contributed by atoms with Crippen molar-refractivity contribution in [2.75, 3.05) is 25.5 Å². The summed E-state index contributed by atoms with van der Waals surface area (Å²) in [5.41, 5.74) is -0.632. The molecule has 2 aliphatic heterocycles. The van der Waals surface area contributed by atoms with Gasteiger partial charge in [-0.2, -0.15) is 0 Å². The van der Waals surface area contributed by atoms with Crippen LogP contribution in [0.15, 0.2) is 36.8 Å². The fourth-order valence-corrected chi connectivity index (χ4v) is 4.95. The molecule has 1 unspecified atom stereocenters. The Balaban J connectivity index is 1.36. The van der Waals surface area contributed by atoms with Crippen molar-refractivity contribution in [3.05, 3.63) is 59.4 Å². The van der Waals surface area contributed by atoms with Crippen LogP contribution < -0.4 is 10.1 Å². The zero-order chi connectivity index (χ0) is 24.8. The number of rotatable bonds is 4. The van der Waals surface area contributed by atoms with Gasteiger partial charge in [0.25, 0.3) is 5.91 Å². The van der Waals surface area contributed by atoms with E-state index in [-0.39, 0.29) is 11.4 Å². The van der Waals surface area contributed by atoms with E-state index in [4.69, 9.17) is 9.72 Å². The van der Waals surface area contributed by atoms with Gasteiger partial charge in [0.15, 0.2) is 5.82 Å². The minimum Gasteiger partial charge on any atom is -0.481 e. The highest BCUT2D eigenvalue weighted by Gasteiger charge is 2.48. The molecule has 0 aromatic carbocycles. The lowest BCUT2D eigenvalue weighted by atomic mass is 9.86. The summed E-state index contributed by atoms with van der Waals surface area (Å²) in [5.74, 6) is -0.241. The average Bonchev–Trinajstić information content (AvgIpc) is 3.26. The normalized spacial score (nSPS) is 20.8. The van der Waals surface area contributed by atoms with Crippen LogP contribution in [0.5, 0.6) is 5.88 Å². The van der Waals surface area contributed by atoms with Gasteiger partial charge in [-0.15, -0.1) is 0 Å². The smallest absolute Gasteiger partial charge is 0.264 e. The van der Waals surface area contributed by atoms with E-state index in [1.165, 1.54) is 12.0 Å². The molecular formula is C25H26F2N6O2. The topological polar surface area (TPSA) is 93.1 Å². The molecule has 35 heavy (non-hydrogen) atoms. The molecule has 1 spiro atoms. The second-order valence-electron chi connectivity index (χ2n) is 9.29. The number of amides is 1. The highest BCUT2D eigenvalue weighted by Crippen LogP contribution is 2.40. The number of anilines is 1. The molecule has 10 heteroatoms. The van der Waals surface area contributed by atoms with Crippen molar-refractivity contribution >= 4 is 11.7 Å². The number of aryl methyl sites for hydroxylation is 2. The number of methoxy groups -OCH3 is 1. The van der Waals surface area contributed by atoms with Crippen molar-refractivity contribution in [1.29, 1.82) is 0 Å². The van der Waals surface area contributed by atoms with E-state index in [9.17, 15) is 9.18 Å². The minimum atomic E-state index is -2.56. The molecule has 5 heterocycles. The predicted octanol–water partition coefficient (Wildman–Crippen LogP) is 3.60. The Hall–Kier alpha value is -3.69. The zero-order valence-electron chi connectivity index (χ0n) is 19.8. The lowest BCUT2D eigenvalue weighted by Crippen LogP contribution is -2.48. The number of aromatic nitrogens is 4. The van der Waals surface area contributed by atoms with Crippen molar-refractivity contribution in [3.63, 3.8) is 0 Å². The van der Waals surface area contributed by atoms with E-state index in [1.807, 2.05) is 6.92 Å². The number of alkyl halides is 1. The van der Waals surface area contributed by atoms with Crippen LogP contribution in [0, 0.1) is 12.7 Å². The van der Waals surface area contributed by atoms with Crippen LogP contribution in [0.3, 0.4) is 0 Å². The van der Waals surface area contributed by atoms with Gasteiger partial charge in [0.05, 0.1) is 24.5 Å². The number of likely N-dealkylation sites (tertiary alicyclic amines) is 1. The summed E-state index contributed by atoms with van der Waals surface area (Å²) in [5, 5.41) is 3.53. The third-order valence-corrected chi connectivity index (χ3v) is 6.94. The molecule has 0 bridgehead atoms. The summed E-state index contributed by atoms with van der Waals surface area (Å²) >= 11 is 0. The second-order valence-corrected chi connectivity index (χ2v) is 9.29. The number of nitrogens with one attached hydrogen (secondary N) is 1. The van der Waals surface area contributed by atoms with E-state index in [0.29, 0.717) is 25.3 Å². The van der Waals surface area contributed by atoms with Crippen LogP contribution in [0.4, 0.5) is 14.6 Å². The van der Waals surface area contributed by atoms with Crippen molar-refractivity contribution < 1.29 is 18.3 Å². The molecule has 1 N–H and O–H groups in total. The maximum absolute atomic E-state index is 15.7. The molecular weight excluding hydrogens is 454 g/mol. The number of carbonyl (C=O) groups excluding carboxylic acids is 1. The van der Waals surface area contributed by atoms with Gasteiger partial charge >= 0.3 is 0 Å². The van der Waals surface area contributed by atoms with Gasteiger partial charge in [-0.25, -0.2) is 28.7 Å². The molecule has 0 saturated carbocycles. The van der Waals surface area contributed by atoms with Gasteiger partial charge < -0.3 is 15.0 Å². The molecule has 2 aliphatic rings. The Bertz CT molecular complexity index is 1290. The number of fused-ring (bicyclic) bond motifs is 1. The molecule has 0 radical (unpaired) electrons. The van der Waals surface area contributed by atoms with Crippen LogP contribution in [0.1, 0.15) is 36.6 Å². The van der Waals surface area contributed by atoms with Crippen molar-refractivity contribution in [2.45, 2.75) is 44.3 Å². The maximum Gasteiger partial charge on any atom is 0.264 e. The van der Waals surface area contributed by atoms with Gasteiger partial charge in [0.2, 0.25) is 11.5 Å². The third kappa shape index (κ3) is 4.06. The highest BCUT2D eigenvalue weighted by atomic mass is 19.1. The number of hydrogen-bond acceptors (Lipinski definition) is 7. The molecule has 3 aromatic heterocycles. The summed E-state index contributed by atoms with van der Waals surface area (Å²) in [6.45, 7) is 3.66. The van der Waals surface area contributed by atoms with Crippen LogP contribution in [0.25, 0.3) is 11.4 Å². The van der Waals surface area contributed by atoms with Crippen LogP contribution in [-0.2, 0) is 16.9 Å². The van der Waals surface area contributed by atoms with E-state index < -0.39 is 22.9 Å². The highest BCUT2D eigenvalue weighted by molar-refractivity contribution is 5.86. The minimum absolute atomic E-state index is 0.0447. The molecule has 1 fully saturated rings. The standard InChI is InChI=1S/C25H26F2N6O2/c1-15-17(22-28-8-4-9-29-22)11-16-5-6-25(32-21(16)31-15)7-10-33(14-25)23(34)24(2,27)18-12-20(35-3)30-13-19(18)26/h4,8-9,11-13H,5-7,10,14H2,1-3H3,(H,31,32)/t24?,25-/m0/s1. The van der Waals surface area contributed by atoms with Gasteiger partial charge in [-0.1, -0.05) is 0 Å². The Labute approximate surface area is 201 Å². The molecule has 3 aromatic rings. The lowest BCUT2D eigenvalue weighted by molar-refractivity contribution is -0.142. The van der Waals surface area contributed by atoms with Gasteiger partial charge in [0.1, 0.15) is 11.6 Å². The number of ether oxygens (including phenoxy) is 1. The van der Waals surface area contributed by atoms with Gasteiger partial charge in [-0.05, 0) is 50.8 Å².